The highest BCUT2D eigenvalue weighted by Crippen LogP contribution is 2.22. The fourth-order valence-corrected chi connectivity index (χ4v) is 1.28. The Labute approximate surface area is 110 Å². The lowest BCUT2D eigenvalue weighted by molar-refractivity contribution is -0.399. The molecule has 0 aliphatic heterocycles. The zero-order valence-corrected chi connectivity index (χ0v) is 12.9. The fraction of sp³-hybridized carbons (Fsp3) is 0.923. The Hall–Kier alpha value is -0.810. The molecule has 0 saturated heterocycles. The van der Waals surface area contributed by atoms with E-state index in [1.807, 2.05) is 41.5 Å². The molecule has 108 valence electrons. The highest BCUT2D eigenvalue weighted by Gasteiger charge is 2.27. The van der Waals surface area contributed by atoms with Crippen LogP contribution >= 0.6 is 0 Å². The Morgan fingerprint density at radius 2 is 1.61 bits per heavy atom. The molecule has 1 amide bonds. The predicted octanol–water partition coefficient (Wildman–Crippen LogP) is 2.99. The summed E-state index contributed by atoms with van der Waals surface area (Å²) in [7, 11) is 3.30. The van der Waals surface area contributed by atoms with Crippen LogP contribution in [-0.4, -0.2) is 42.4 Å². The molecule has 0 aromatic carbocycles. The van der Waals surface area contributed by atoms with Crippen LogP contribution in [0.3, 0.4) is 0 Å². The monoisotopic (exact) mass is 261 g/mol. The molecule has 5 nitrogen and oxygen atoms in total. The molecule has 0 aromatic rings. The molecule has 0 bridgehead atoms. The smallest absolute Gasteiger partial charge is 0.409 e. The number of nitrogens with zero attached hydrogens (tertiary/aromatic N) is 1. The third-order valence-electron chi connectivity index (χ3n) is 1.96. The Balaban J connectivity index is 4.19. The van der Waals surface area contributed by atoms with Gasteiger partial charge in [-0.3, -0.25) is 0 Å². The molecule has 1 atom stereocenters. The van der Waals surface area contributed by atoms with Crippen molar-refractivity contribution in [2.24, 2.45) is 0 Å². The van der Waals surface area contributed by atoms with E-state index in [0.717, 1.165) is 0 Å². The first-order chi connectivity index (χ1) is 7.93. The van der Waals surface area contributed by atoms with Crippen LogP contribution in [0.2, 0.25) is 0 Å². The summed E-state index contributed by atoms with van der Waals surface area (Å²) in [6.07, 6.45) is -0.0311. The van der Waals surface area contributed by atoms with E-state index in [4.69, 9.17) is 14.5 Å². The van der Waals surface area contributed by atoms with Gasteiger partial charge in [0.15, 0.2) is 0 Å². The Morgan fingerprint density at radius 1 is 1.11 bits per heavy atom. The molecule has 0 fully saturated rings. The van der Waals surface area contributed by atoms with Gasteiger partial charge in [-0.25, -0.2) is 14.6 Å². The summed E-state index contributed by atoms with van der Waals surface area (Å²) >= 11 is 0. The van der Waals surface area contributed by atoms with E-state index in [2.05, 4.69) is 0 Å². The average Bonchev–Trinajstić information content (AvgIpc) is 2.12. The number of hydrogen-bond donors (Lipinski definition) is 0. The van der Waals surface area contributed by atoms with Crippen molar-refractivity contribution in [1.82, 2.24) is 4.90 Å². The molecular weight excluding hydrogens is 234 g/mol. The minimum absolute atomic E-state index is 0.238. The van der Waals surface area contributed by atoms with Crippen molar-refractivity contribution in [3.8, 4) is 0 Å². The number of ether oxygens (including phenoxy) is 1. The van der Waals surface area contributed by atoms with Crippen LogP contribution in [0, 0.1) is 0 Å². The lowest BCUT2D eigenvalue weighted by atomic mass is 10.0. The van der Waals surface area contributed by atoms with Gasteiger partial charge >= 0.3 is 6.09 Å². The zero-order valence-electron chi connectivity index (χ0n) is 12.9. The van der Waals surface area contributed by atoms with Gasteiger partial charge in [-0.1, -0.05) is 0 Å². The van der Waals surface area contributed by atoms with Crippen molar-refractivity contribution in [2.75, 3.05) is 14.1 Å². The maximum absolute atomic E-state index is 11.4. The number of carbonyl (C=O) groups excluding carboxylic acids is 1. The van der Waals surface area contributed by atoms with Crippen LogP contribution in [0.5, 0.6) is 0 Å². The van der Waals surface area contributed by atoms with Gasteiger partial charge in [0.25, 0.3) is 0 Å². The summed E-state index contributed by atoms with van der Waals surface area (Å²) in [5, 5.41) is 0. The molecule has 0 spiro atoms. The quantitative estimate of drug-likeness (QED) is 0.564. The highest BCUT2D eigenvalue weighted by molar-refractivity contribution is 5.66. The third-order valence-corrected chi connectivity index (χ3v) is 1.96. The Morgan fingerprint density at radius 3 is 2.00 bits per heavy atom. The van der Waals surface area contributed by atoms with Crippen LogP contribution in [0.25, 0.3) is 0 Å². The van der Waals surface area contributed by atoms with E-state index >= 15 is 0 Å². The maximum Gasteiger partial charge on any atom is 0.409 e. The molecule has 5 heteroatoms. The molecule has 0 aliphatic rings. The summed E-state index contributed by atoms with van der Waals surface area (Å²) in [5.74, 6) is 0. The number of rotatable bonds is 5. The molecule has 0 saturated carbocycles. The van der Waals surface area contributed by atoms with Crippen molar-refractivity contribution in [1.29, 1.82) is 0 Å². The van der Waals surface area contributed by atoms with Crippen LogP contribution in [-0.2, 0) is 14.5 Å². The number of carbonyl (C=O) groups is 1. The SMILES string of the molecule is CC(CC(C)(C)OOC(C)(C)C)OC(=O)N(C)C. The predicted molar refractivity (Wildman–Crippen MR) is 70.2 cm³/mol. The van der Waals surface area contributed by atoms with Crippen LogP contribution in [0.4, 0.5) is 4.79 Å². The lowest BCUT2D eigenvalue weighted by Gasteiger charge is -2.30. The van der Waals surface area contributed by atoms with E-state index in [9.17, 15) is 4.79 Å². The summed E-state index contributed by atoms with van der Waals surface area (Å²) in [6, 6.07) is 0. The van der Waals surface area contributed by atoms with Gasteiger partial charge in [-0.2, -0.15) is 0 Å². The van der Waals surface area contributed by atoms with Crippen LogP contribution in [0.1, 0.15) is 48.0 Å². The van der Waals surface area contributed by atoms with Crippen LogP contribution in [0.15, 0.2) is 0 Å². The molecule has 0 radical (unpaired) electrons. The summed E-state index contributed by atoms with van der Waals surface area (Å²) in [5.41, 5.74) is -0.875. The van der Waals surface area contributed by atoms with Gasteiger partial charge in [0, 0.05) is 20.5 Å². The van der Waals surface area contributed by atoms with Gasteiger partial charge in [-0.15, -0.1) is 0 Å². The van der Waals surface area contributed by atoms with Gasteiger partial charge in [0.1, 0.15) is 11.7 Å². The molecule has 0 N–H and O–H groups in total. The van der Waals surface area contributed by atoms with E-state index in [1.165, 1.54) is 4.90 Å². The third kappa shape index (κ3) is 8.31. The summed E-state index contributed by atoms with van der Waals surface area (Å²) < 4.78 is 5.23. The lowest BCUT2D eigenvalue weighted by Crippen LogP contribution is -2.36. The number of amides is 1. The largest absolute Gasteiger partial charge is 0.446 e. The minimum Gasteiger partial charge on any atom is -0.446 e. The second-order valence-corrected chi connectivity index (χ2v) is 6.33. The maximum atomic E-state index is 11.4. The second-order valence-electron chi connectivity index (χ2n) is 6.33. The zero-order chi connectivity index (χ0) is 14.6. The molecule has 1 unspecified atom stereocenters. The first-order valence-corrected chi connectivity index (χ1v) is 6.18. The average molecular weight is 261 g/mol. The minimum atomic E-state index is -0.515. The van der Waals surface area contributed by atoms with Crippen molar-refractivity contribution in [3.63, 3.8) is 0 Å². The molecular formula is C13H27NO4. The normalized spacial score (nSPS) is 14.2. The van der Waals surface area contributed by atoms with E-state index in [-0.39, 0.29) is 17.8 Å². The highest BCUT2D eigenvalue weighted by atomic mass is 17.2. The summed E-state index contributed by atoms with van der Waals surface area (Å²) in [4.78, 5) is 23.5. The van der Waals surface area contributed by atoms with Crippen LogP contribution < -0.4 is 0 Å². The van der Waals surface area contributed by atoms with Crippen molar-refractivity contribution in [3.05, 3.63) is 0 Å². The van der Waals surface area contributed by atoms with Crippen molar-refractivity contribution >= 4 is 6.09 Å². The Bertz CT molecular complexity index is 269. The van der Waals surface area contributed by atoms with Gasteiger partial charge in [0.05, 0.1) is 5.60 Å². The molecule has 18 heavy (non-hydrogen) atoms. The van der Waals surface area contributed by atoms with Gasteiger partial charge in [0.2, 0.25) is 0 Å². The second kappa shape index (κ2) is 6.38. The van der Waals surface area contributed by atoms with Crippen molar-refractivity contribution in [2.45, 2.75) is 65.3 Å². The van der Waals surface area contributed by atoms with Crippen molar-refractivity contribution < 1.29 is 19.3 Å². The van der Waals surface area contributed by atoms with E-state index in [1.54, 1.807) is 14.1 Å². The standard InChI is InChI=1S/C13H27NO4/c1-10(16-11(15)14(7)8)9-13(5,6)18-17-12(2,3)4/h10H,9H2,1-8H3. The van der Waals surface area contributed by atoms with Gasteiger partial charge in [-0.05, 0) is 41.5 Å². The van der Waals surface area contributed by atoms with E-state index in [0.29, 0.717) is 6.42 Å². The topological polar surface area (TPSA) is 48.0 Å². The molecule has 0 heterocycles. The van der Waals surface area contributed by atoms with Gasteiger partial charge < -0.3 is 9.64 Å². The molecule has 0 rings (SSSR count). The molecule has 0 aliphatic carbocycles. The first kappa shape index (κ1) is 17.2. The number of hydrogen-bond acceptors (Lipinski definition) is 4. The summed E-state index contributed by atoms with van der Waals surface area (Å²) in [6.45, 7) is 11.4. The Kier molecular flexibility index (Phi) is 6.10. The first-order valence-electron chi connectivity index (χ1n) is 6.18. The fourth-order valence-electron chi connectivity index (χ4n) is 1.28. The molecule has 0 aromatic heterocycles. The van der Waals surface area contributed by atoms with E-state index < -0.39 is 5.60 Å².